The topological polar surface area (TPSA) is 101 Å². The van der Waals surface area contributed by atoms with Crippen molar-refractivity contribution in [2.45, 2.75) is 52.0 Å². The molecule has 0 aliphatic heterocycles. The average molecular weight is 416 g/mol. The van der Waals surface area contributed by atoms with E-state index in [-0.39, 0.29) is 36.0 Å². The molecule has 2 aliphatic rings. The van der Waals surface area contributed by atoms with Crippen LogP contribution in [-0.4, -0.2) is 26.1 Å². The third-order valence-electron chi connectivity index (χ3n) is 5.92. The summed E-state index contributed by atoms with van der Waals surface area (Å²) in [7, 11) is -3.31. The van der Waals surface area contributed by atoms with E-state index < -0.39 is 10.0 Å². The lowest BCUT2D eigenvalue weighted by atomic mass is 9.65. The van der Waals surface area contributed by atoms with Gasteiger partial charge in [-0.05, 0) is 75.1 Å². The molecule has 2 aliphatic carbocycles. The van der Waals surface area contributed by atoms with E-state index in [0.717, 1.165) is 31.2 Å². The zero-order valence-electron chi connectivity index (χ0n) is 15.9. The number of fused-ring (bicyclic) bond motifs is 2. The highest BCUT2D eigenvalue weighted by atomic mass is 35.5. The van der Waals surface area contributed by atoms with E-state index >= 15 is 0 Å². The maximum absolute atomic E-state index is 12.7. The molecule has 2 unspecified atom stereocenters. The third kappa shape index (κ3) is 5.15. The first-order valence-electron chi connectivity index (χ1n) is 9.46. The van der Waals surface area contributed by atoms with Gasteiger partial charge in [-0.3, -0.25) is 9.52 Å². The van der Waals surface area contributed by atoms with Crippen molar-refractivity contribution >= 4 is 39.7 Å². The molecular weight excluding hydrogens is 386 g/mol. The number of nitrogens with two attached hydrogens (primary N) is 1. The molecule has 2 saturated carbocycles. The van der Waals surface area contributed by atoms with E-state index in [1.54, 1.807) is 25.1 Å². The summed E-state index contributed by atoms with van der Waals surface area (Å²) in [5.41, 5.74) is 8.34. The maximum Gasteiger partial charge on any atom is 0.232 e. The van der Waals surface area contributed by atoms with Gasteiger partial charge in [-0.25, -0.2) is 8.42 Å². The van der Waals surface area contributed by atoms with Crippen molar-refractivity contribution in [2.75, 3.05) is 15.8 Å². The highest BCUT2D eigenvalue weighted by Gasteiger charge is 2.40. The summed E-state index contributed by atoms with van der Waals surface area (Å²) in [6.07, 6.45) is 5.24. The van der Waals surface area contributed by atoms with Crippen LogP contribution in [0.1, 0.15) is 44.6 Å². The SMILES string of the molecule is CCS(=O)(=O)Nc1ccc(NC(=O)C2CC3CCCC(C2)C3N)cc1C.Cl. The predicted molar refractivity (Wildman–Crippen MR) is 112 cm³/mol. The first kappa shape index (κ1) is 22.0. The van der Waals surface area contributed by atoms with Crippen molar-refractivity contribution in [3.8, 4) is 0 Å². The van der Waals surface area contributed by atoms with Gasteiger partial charge in [0.15, 0.2) is 0 Å². The second kappa shape index (κ2) is 8.80. The molecule has 4 N–H and O–H groups in total. The normalized spacial score (nSPS) is 27.4. The van der Waals surface area contributed by atoms with Gasteiger partial charge in [0.25, 0.3) is 0 Å². The van der Waals surface area contributed by atoms with E-state index in [4.69, 9.17) is 5.73 Å². The summed E-state index contributed by atoms with van der Waals surface area (Å²) < 4.78 is 26.0. The Balaban J connectivity index is 0.00000261. The molecular formula is C19H30ClN3O3S. The van der Waals surface area contributed by atoms with Crippen LogP contribution >= 0.6 is 12.4 Å². The number of halogens is 1. The Bertz CT molecular complexity index is 770. The number of sulfonamides is 1. The van der Waals surface area contributed by atoms with Gasteiger partial charge in [-0.2, -0.15) is 0 Å². The number of benzene rings is 1. The molecule has 0 saturated heterocycles. The third-order valence-corrected chi connectivity index (χ3v) is 7.21. The van der Waals surface area contributed by atoms with Crippen LogP contribution in [0.2, 0.25) is 0 Å². The smallest absolute Gasteiger partial charge is 0.232 e. The molecule has 1 aromatic rings. The van der Waals surface area contributed by atoms with E-state index in [9.17, 15) is 13.2 Å². The number of hydrogen-bond donors (Lipinski definition) is 3. The van der Waals surface area contributed by atoms with Gasteiger partial charge in [0, 0.05) is 17.6 Å². The number of anilines is 2. The monoisotopic (exact) mass is 415 g/mol. The highest BCUT2D eigenvalue weighted by molar-refractivity contribution is 7.92. The molecule has 3 rings (SSSR count). The molecule has 0 radical (unpaired) electrons. The molecule has 0 aromatic heterocycles. The van der Waals surface area contributed by atoms with Crippen LogP contribution in [0.4, 0.5) is 11.4 Å². The van der Waals surface area contributed by atoms with Gasteiger partial charge < -0.3 is 11.1 Å². The standard InChI is InChI=1S/C19H29N3O3S.ClH/c1-3-26(24,25)22-17-8-7-16(9-12(17)2)21-19(23)15-10-13-5-4-6-14(11-15)18(13)20;/h7-9,13-15,18,22H,3-6,10-11,20H2,1-2H3,(H,21,23);1H. The molecule has 1 amide bonds. The van der Waals surface area contributed by atoms with Gasteiger partial charge >= 0.3 is 0 Å². The quantitative estimate of drug-likeness (QED) is 0.686. The van der Waals surface area contributed by atoms with E-state index in [1.807, 2.05) is 6.92 Å². The predicted octanol–water partition coefficient (Wildman–Crippen LogP) is 3.27. The summed E-state index contributed by atoms with van der Waals surface area (Å²) in [6, 6.07) is 5.50. The minimum atomic E-state index is -3.31. The Morgan fingerprint density at radius 3 is 2.41 bits per heavy atom. The van der Waals surface area contributed by atoms with Crippen LogP contribution in [0.25, 0.3) is 0 Å². The fourth-order valence-corrected chi connectivity index (χ4v) is 5.05. The highest BCUT2D eigenvalue weighted by Crippen LogP contribution is 2.42. The van der Waals surface area contributed by atoms with Crippen LogP contribution in [0.5, 0.6) is 0 Å². The van der Waals surface area contributed by atoms with Gasteiger partial charge in [-0.1, -0.05) is 6.42 Å². The Hall–Kier alpha value is -1.31. The second-order valence-corrected chi connectivity index (χ2v) is 9.73. The number of carbonyl (C=O) groups excluding carboxylic acids is 1. The molecule has 2 fully saturated rings. The number of hydrogen-bond acceptors (Lipinski definition) is 4. The Labute approximate surface area is 168 Å². The Kier molecular flexibility index (Phi) is 7.16. The number of rotatable bonds is 5. The van der Waals surface area contributed by atoms with Gasteiger partial charge in [-0.15, -0.1) is 12.4 Å². The lowest BCUT2D eigenvalue weighted by Crippen LogP contribution is -2.48. The minimum absolute atomic E-state index is 0. The van der Waals surface area contributed by atoms with Crippen LogP contribution in [-0.2, 0) is 14.8 Å². The minimum Gasteiger partial charge on any atom is -0.327 e. The van der Waals surface area contributed by atoms with Crippen LogP contribution in [0, 0.1) is 24.7 Å². The zero-order valence-corrected chi connectivity index (χ0v) is 17.5. The molecule has 0 heterocycles. The lowest BCUT2D eigenvalue weighted by molar-refractivity contribution is -0.122. The van der Waals surface area contributed by atoms with E-state index in [2.05, 4.69) is 10.0 Å². The molecule has 1 aromatic carbocycles. The molecule has 152 valence electrons. The van der Waals surface area contributed by atoms with Crippen LogP contribution < -0.4 is 15.8 Å². The molecule has 0 spiro atoms. The number of amides is 1. The van der Waals surface area contributed by atoms with Crippen molar-refractivity contribution in [1.82, 2.24) is 0 Å². The number of aryl methyl sites for hydroxylation is 1. The van der Waals surface area contributed by atoms with Gasteiger partial charge in [0.1, 0.15) is 0 Å². The summed E-state index contributed by atoms with van der Waals surface area (Å²) in [6.45, 7) is 3.42. The Morgan fingerprint density at radius 1 is 1.22 bits per heavy atom. The fourth-order valence-electron chi connectivity index (χ4n) is 4.34. The summed E-state index contributed by atoms with van der Waals surface area (Å²) in [5.74, 6) is 1.02. The van der Waals surface area contributed by atoms with E-state index in [1.165, 1.54) is 6.42 Å². The van der Waals surface area contributed by atoms with E-state index in [0.29, 0.717) is 23.2 Å². The summed E-state index contributed by atoms with van der Waals surface area (Å²) in [5, 5.41) is 3.00. The van der Waals surface area contributed by atoms with Gasteiger partial charge in [0.05, 0.1) is 11.4 Å². The molecule has 2 bridgehead atoms. The number of carbonyl (C=O) groups is 1. The second-order valence-electron chi connectivity index (χ2n) is 7.72. The van der Waals surface area contributed by atoms with Crippen molar-refractivity contribution in [3.63, 3.8) is 0 Å². The lowest BCUT2D eigenvalue weighted by Gasteiger charge is -2.43. The first-order valence-corrected chi connectivity index (χ1v) is 11.1. The summed E-state index contributed by atoms with van der Waals surface area (Å²) >= 11 is 0. The molecule has 8 heteroatoms. The summed E-state index contributed by atoms with van der Waals surface area (Å²) in [4.78, 5) is 12.7. The van der Waals surface area contributed by atoms with Crippen molar-refractivity contribution in [2.24, 2.45) is 23.5 Å². The molecule has 6 nitrogen and oxygen atoms in total. The van der Waals surface area contributed by atoms with Crippen LogP contribution in [0.3, 0.4) is 0 Å². The van der Waals surface area contributed by atoms with Crippen molar-refractivity contribution in [3.05, 3.63) is 23.8 Å². The maximum atomic E-state index is 12.7. The fraction of sp³-hybridized carbons (Fsp3) is 0.632. The Morgan fingerprint density at radius 2 is 1.85 bits per heavy atom. The molecule has 2 atom stereocenters. The van der Waals surface area contributed by atoms with Crippen LogP contribution in [0.15, 0.2) is 18.2 Å². The number of nitrogens with one attached hydrogen (secondary N) is 2. The average Bonchev–Trinajstić information content (AvgIpc) is 2.57. The first-order chi connectivity index (χ1) is 12.3. The van der Waals surface area contributed by atoms with Gasteiger partial charge in [0.2, 0.25) is 15.9 Å². The zero-order chi connectivity index (χ0) is 18.9. The van der Waals surface area contributed by atoms with Crippen molar-refractivity contribution in [1.29, 1.82) is 0 Å². The largest absolute Gasteiger partial charge is 0.327 e. The molecule has 27 heavy (non-hydrogen) atoms. The van der Waals surface area contributed by atoms with Crippen molar-refractivity contribution < 1.29 is 13.2 Å².